The van der Waals surface area contributed by atoms with E-state index in [2.05, 4.69) is 22.7 Å². The maximum Gasteiger partial charge on any atom is 0.154 e. The molecule has 0 bridgehead atoms. The lowest BCUT2D eigenvalue weighted by Gasteiger charge is -2.10. The van der Waals surface area contributed by atoms with Gasteiger partial charge in [-0.15, -0.1) is 0 Å². The molecule has 0 aromatic heterocycles. The highest BCUT2D eigenvalue weighted by molar-refractivity contribution is 6.31. The van der Waals surface area contributed by atoms with E-state index in [4.69, 9.17) is 16.6 Å². The molecule has 140 valence electrons. The molecule has 0 aliphatic carbocycles. The van der Waals surface area contributed by atoms with Crippen LogP contribution >= 0.6 is 11.6 Å². The van der Waals surface area contributed by atoms with E-state index in [9.17, 15) is 4.39 Å². The van der Waals surface area contributed by atoms with Gasteiger partial charge in [-0.3, -0.25) is 5.43 Å². The Morgan fingerprint density at radius 2 is 1.48 bits per heavy atom. The number of benzene rings is 4. The van der Waals surface area contributed by atoms with Crippen molar-refractivity contribution in [1.29, 1.82) is 0 Å². The molecule has 3 nitrogen and oxygen atoms in total. The van der Waals surface area contributed by atoms with Gasteiger partial charge in [-0.2, -0.15) is 5.10 Å². The van der Waals surface area contributed by atoms with E-state index >= 15 is 0 Å². The van der Waals surface area contributed by atoms with E-state index in [1.807, 2.05) is 48.5 Å². The fraction of sp³-hybridized carbons (Fsp3) is 0. The second-order valence-electron chi connectivity index (χ2n) is 6.73. The van der Waals surface area contributed by atoms with Gasteiger partial charge in [0.25, 0.3) is 0 Å². The first-order valence-corrected chi connectivity index (χ1v) is 9.53. The highest BCUT2D eigenvalue weighted by Crippen LogP contribution is 2.34. The van der Waals surface area contributed by atoms with E-state index in [0.29, 0.717) is 10.9 Å². The third-order valence-corrected chi connectivity index (χ3v) is 5.14. The molecule has 0 radical (unpaired) electrons. The van der Waals surface area contributed by atoms with Gasteiger partial charge in [0.2, 0.25) is 0 Å². The highest BCUT2D eigenvalue weighted by atomic mass is 35.5. The number of hydrogen-bond acceptors (Lipinski definition) is 3. The number of nitrogens with one attached hydrogen (secondary N) is 1. The van der Waals surface area contributed by atoms with Crippen molar-refractivity contribution in [3.05, 3.63) is 112 Å². The maximum absolute atomic E-state index is 13.4. The number of hydrogen-bond donors (Lipinski definition) is 1. The van der Waals surface area contributed by atoms with Crippen molar-refractivity contribution in [3.63, 3.8) is 0 Å². The van der Waals surface area contributed by atoms with E-state index in [1.165, 1.54) is 12.1 Å². The summed E-state index contributed by atoms with van der Waals surface area (Å²) in [5.41, 5.74) is 7.26. The van der Waals surface area contributed by atoms with Gasteiger partial charge >= 0.3 is 0 Å². The Labute approximate surface area is 172 Å². The topological polar surface area (TPSA) is 36.8 Å². The van der Waals surface area contributed by atoms with Crippen LogP contribution in [0.25, 0.3) is 10.8 Å². The number of halogens is 2. The van der Waals surface area contributed by atoms with Gasteiger partial charge in [0.1, 0.15) is 5.82 Å². The SMILES string of the molecule is Fc1ccc(C2=Nc3c(ccc4ccccc34)C(c3ccc(Cl)cc3)=NN2)cc1. The Hall–Kier alpha value is -3.50. The third kappa shape index (κ3) is 3.28. The smallest absolute Gasteiger partial charge is 0.154 e. The first-order chi connectivity index (χ1) is 14.2. The zero-order valence-corrected chi connectivity index (χ0v) is 16.0. The number of nitrogens with zero attached hydrogens (tertiary/aromatic N) is 2. The summed E-state index contributed by atoms with van der Waals surface area (Å²) in [5, 5.41) is 7.43. The summed E-state index contributed by atoms with van der Waals surface area (Å²) in [6, 6.07) is 26.0. The molecule has 0 spiro atoms. The fourth-order valence-electron chi connectivity index (χ4n) is 3.44. The summed E-state index contributed by atoms with van der Waals surface area (Å²) in [6.45, 7) is 0. The van der Waals surface area contributed by atoms with E-state index in [0.717, 1.165) is 38.9 Å². The van der Waals surface area contributed by atoms with Crippen molar-refractivity contribution in [1.82, 2.24) is 5.43 Å². The Morgan fingerprint density at radius 3 is 2.28 bits per heavy atom. The summed E-state index contributed by atoms with van der Waals surface area (Å²) >= 11 is 6.07. The fourth-order valence-corrected chi connectivity index (χ4v) is 3.56. The van der Waals surface area contributed by atoms with Crippen LogP contribution in [0, 0.1) is 5.82 Å². The number of aliphatic imine (C=N–C) groups is 1. The van der Waals surface area contributed by atoms with Crippen molar-refractivity contribution in [2.45, 2.75) is 0 Å². The van der Waals surface area contributed by atoms with Crippen LogP contribution in [0.4, 0.5) is 10.1 Å². The van der Waals surface area contributed by atoms with Crippen LogP contribution in [0.15, 0.2) is 95.0 Å². The average Bonchev–Trinajstić information content (AvgIpc) is 2.95. The molecule has 4 aromatic rings. The van der Waals surface area contributed by atoms with Gasteiger partial charge in [0.15, 0.2) is 5.84 Å². The summed E-state index contributed by atoms with van der Waals surface area (Å²) in [4.78, 5) is 4.90. The van der Waals surface area contributed by atoms with Crippen molar-refractivity contribution in [2.24, 2.45) is 10.1 Å². The van der Waals surface area contributed by atoms with Crippen LogP contribution in [-0.2, 0) is 0 Å². The molecule has 0 unspecified atom stereocenters. The first kappa shape index (κ1) is 17.6. The molecule has 5 rings (SSSR count). The quantitative estimate of drug-likeness (QED) is 0.436. The van der Waals surface area contributed by atoms with Crippen LogP contribution in [0.3, 0.4) is 0 Å². The molecule has 1 N–H and O–H groups in total. The monoisotopic (exact) mass is 399 g/mol. The van der Waals surface area contributed by atoms with Crippen LogP contribution < -0.4 is 5.43 Å². The van der Waals surface area contributed by atoms with Gasteiger partial charge in [-0.05, 0) is 47.9 Å². The van der Waals surface area contributed by atoms with E-state index in [1.54, 1.807) is 12.1 Å². The van der Waals surface area contributed by atoms with Crippen LogP contribution in [-0.4, -0.2) is 11.5 Å². The van der Waals surface area contributed by atoms with Gasteiger partial charge in [-0.25, -0.2) is 9.38 Å². The minimum Gasteiger partial charge on any atom is -0.260 e. The molecule has 0 amide bonds. The molecule has 1 aliphatic rings. The molecule has 5 heteroatoms. The van der Waals surface area contributed by atoms with Crippen molar-refractivity contribution < 1.29 is 4.39 Å². The summed E-state index contributed by atoms with van der Waals surface area (Å²) in [7, 11) is 0. The Morgan fingerprint density at radius 1 is 0.759 bits per heavy atom. The lowest BCUT2D eigenvalue weighted by atomic mass is 9.97. The van der Waals surface area contributed by atoms with E-state index in [-0.39, 0.29) is 5.82 Å². The predicted octanol–water partition coefficient (Wildman–Crippen LogP) is 6.07. The molecule has 1 heterocycles. The van der Waals surface area contributed by atoms with Crippen molar-refractivity contribution >= 4 is 39.6 Å². The Kier molecular flexibility index (Phi) is 4.34. The highest BCUT2D eigenvalue weighted by Gasteiger charge is 2.19. The third-order valence-electron chi connectivity index (χ3n) is 4.89. The zero-order valence-electron chi connectivity index (χ0n) is 15.2. The lowest BCUT2D eigenvalue weighted by Crippen LogP contribution is -2.19. The molecule has 0 fully saturated rings. The summed E-state index contributed by atoms with van der Waals surface area (Å²) in [6.07, 6.45) is 0. The van der Waals surface area contributed by atoms with Crippen molar-refractivity contribution in [3.8, 4) is 0 Å². The molecule has 29 heavy (non-hydrogen) atoms. The summed E-state index contributed by atoms with van der Waals surface area (Å²) in [5.74, 6) is 0.269. The first-order valence-electron chi connectivity index (χ1n) is 9.15. The second kappa shape index (κ2) is 7.15. The molecule has 1 aliphatic heterocycles. The zero-order chi connectivity index (χ0) is 19.8. The number of amidine groups is 1. The largest absolute Gasteiger partial charge is 0.260 e. The lowest BCUT2D eigenvalue weighted by molar-refractivity contribution is 0.627. The summed E-state index contributed by atoms with van der Waals surface area (Å²) < 4.78 is 13.4. The predicted molar refractivity (Wildman–Crippen MR) is 117 cm³/mol. The molecule has 0 saturated carbocycles. The number of hydrazone groups is 1. The average molecular weight is 400 g/mol. The number of rotatable bonds is 2. The Balaban J connectivity index is 1.76. The van der Waals surface area contributed by atoms with E-state index < -0.39 is 0 Å². The minimum atomic E-state index is -0.292. The van der Waals surface area contributed by atoms with Gasteiger partial charge in [0, 0.05) is 27.1 Å². The van der Waals surface area contributed by atoms with Crippen LogP contribution in [0.5, 0.6) is 0 Å². The minimum absolute atomic E-state index is 0.292. The normalized spacial score (nSPS) is 13.2. The van der Waals surface area contributed by atoms with Gasteiger partial charge in [-0.1, -0.05) is 54.1 Å². The number of fused-ring (bicyclic) bond motifs is 3. The van der Waals surface area contributed by atoms with Crippen LogP contribution in [0.2, 0.25) is 5.02 Å². The Bertz CT molecular complexity index is 1280. The maximum atomic E-state index is 13.4. The van der Waals surface area contributed by atoms with Gasteiger partial charge < -0.3 is 0 Å². The second-order valence-corrected chi connectivity index (χ2v) is 7.17. The van der Waals surface area contributed by atoms with Crippen molar-refractivity contribution in [2.75, 3.05) is 0 Å². The molecular formula is C24H15ClFN3. The van der Waals surface area contributed by atoms with Crippen LogP contribution in [0.1, 0.15) is 16.7 Å². The molecule has 0 atom stereocenters. The molecule has 4 aromatic carbocycles. The molecule has 0 saturated heterocycles. The molecular weight excluding hydrogens is 385 g/mol. The van der Waals surface area contributed by atoms with Gasteiger partial charge in [0.05, 0.1) is 11.4 Å². The standard InChI is InChI=1S/C24H15ClFN3/c25-18-10-5-16(6-11-18)22-21-14-9-15-3-1-2-4-20(15)23(21)27-24(29-28-22)17-7-12-19(26)13-8-17/h1-14H,(H,27,29).